The highest BCUT2D eigenvalue weighted by molar-refractivity contribution is 5.55. The summed E-state index contributed by atoms with van der Waals surface area (Å²) in [5, 5.41) is 0. The van der Waals surface area contributed by atoms with E-state index in [1.165, 1.54) is 0 Å². The zero-order valence-corrected chi connectivity index (χ0v) is 9.07. The number of benzene rings is 1. The van der Waals surface area contributed by atoms with Gasteiger partial charge in [0, 0.05) is 5.56 Å². The second-order valence-corrected chi connectivity index (χ2v) is 2.81. The van der Waals surface area contributed by atoms with E-state index in [0.29, 0.717) is 5.82 Å². The summed E-state index contributed by atoms with van der Waals surface area (Å²) >= 11 is 0. The zero-order chi connectivity index (χ0) is 9.97. The predicted octanol–water partition coefficient (Wildman–Crippen LogP) is -3.70. The van der Waals surface area contributed by atoms with Crippen molar-refractivity contribution in [1.29, 1.82) is 0 Å². The molecule has 1 aromatic carbocycles. The third kappa shape index (κ3) is 3.04. The fourth-order valence-electron chi connectivity index (χ4n) is 1.16. The lowest BCUT2D eigenvalue weighted by Crippen LogP contribution is -3.00. The lowest BCUT2D eigenvalue weighted by atomic mass is 10.2. The van der Waals surface area contributed by atoms with Gasteiger partial charge in [-0.15, -0.1) is 0 Å². The monoisotopic (exact) mass is 241 g/mol. The molecular weight excluding hydrogens is 230 g/mol. The van der Waals surface area contributed by atoms with E-state index in [4.69, 9.17) is 11.5 Å². The van der Waals surface area contributed by atoms with Crippen LogP contribution in [-0.4, -0.2) is 15.4 Å². The summed E-state index contributed by atoms with van der Waals surface area (Å²) in [7, 11) is 0. The smallest absolute Gasteiger partial charge is 0.318 e. The van der Waals surface area contributed by atoms with Gasteiger partial charge in [-0.1, -0.05) is 28.2 Å². The van der Waals surface area contributed by atoms with Gasteiger partial charge in [0.05, 0.1) is 0 Å². The van der Waals surface area contributed by atoms with E-state index in [2.05, 4.69) is 15.0 Å². The summed E-state index contributed by atoms with van der Waals surface area (Å²) in [5.74, 6) is 1.05. The molecular formula is C9H12ClN5O. The fraction of sp³-hybridized carbons (Fsp3) is 0. The first-order valence-corrected chi connectivity index (χ1v) is 4.13. The van der Waals surface area contributed by atoms with E-state index in [-0.39, 0.29) is 29.8 Å². The lowest BCUT2D eigenvalue weighted by Gasteiger charge is -1.95. The Hall–Kier alpha value is -1.92. The summed E-state index contributed by atoms with van der Waals surface area (Å²) < 4.78 is 0. The number of hydrogen-bond donors (Lipinski definition) is 2. The minimum Gasteiger partial charge on any atom is -1.00 e. The van der Waals surface area contributed by atoms with Crippen LogP contribution in [0.4, 0.5) is 11.9 Å². The van der Waals surface area contributed by atoms with Gasteiger partial charge in [0.15, 0.2) is 0 Å². The lowest BCUT2D eigenvalue weighted by molar-refractivity contribution is -0.350. The van der Waals surface area contributed by atoms with Crippen LogP contribution in [0.5, 0.6) is 0 Å². The zero-order valence-electron chi connectivity index (χ0n) is 8.31. The Labute approximate surface area is 98.5 Å². The number of aromatic amines is 1. The van der Waals surface area contributed by atoms with Gasteiger partial charge in [-0.25, -0.2) is 4.98 Å². The molecule has 0 amide bonds. The van der Waals surface area contributed by atoms with Crippen molar-refractivity contribution in [3.8, 4) is 11.4 Å². The van der Waals surface area contributed by atoms with Crippen LogP contribution in [0.3, 0.4) is 0 Å². The normalized spacial score (nSPS) is 8.75. The maximum atomic E-state index is 5.51. The fourth-order valence-corrected chi connectivity index (χ4v) is 1.16. The molecule has 0 spiro atoms. The Kier molecular flexibility index (Phi) is 5.14. The molecule has 16 heavy (non-hydrogen) atoms. The largest absolute Gasteiger partial charge is 1.00 e. The van der Waals surface area contributed by atoms with E-state index in [1.807, 2.05) is 30.3 Å². The highest BCUT2D eigenvalue weighted by Crippen LogP contribution is 2.13. The third-order valence-corrected chi connectivity index (χ3v) is 1.74. The minimum absolute atomic E-state index is 0. The number of hydrogen-bond acceptors (Lipinski definition) is 4. The minimum atomic E-state index is 0. The molecule has 0 aliphatic carbocycles. The number of nitrogens with one attached hydrogen (secondary N) is 1. The van der Waals surface area contributed by atoms with Crippen LogP contribution in [0.15, 0.2) is 30.3 Å². The van der Waals surface area contributed by atoms with Crippen molar-refractivity contribution in [2.45, 2.75) is 0 Å². The Bertz CT molecular complexity index is 431. The van der Waals surface area contributed by atoms with Crippen molar-refractivity contribution in [2.75, 3.05) is 11.5 Å². The van der Waals surface area contributed by atoms with Crippen LogP contribution < -0.4 is 28.9 Å². The molecule has 1 heterocycles. The molecule has 1 aromatic heterocycles. The van der Waals surface area contributed by atoms with Crippen molar-refractivity contribution in [2.24, 2.45) is 0 Å². The first kappa shape index (κ1) is 14.1. The molecule has 0 atom stereocenters. The van der Waals surface area contributed by atoms with Crippen LogP contribution in [0.1, 0.15) is 0 Å². The highest BCUT2D eigenvalue weighted by atomic mass is 35.5. The summed E-state index contributed by atoms with van der Waals surface area (Å²) in [6.07, 6.45) is 0. The van der Waals surface area contributed by atoms with Gasteiger partial charge in [0.25, 0.3) is 5.82 Å². The number of nitrogens with zero attached hydrogens (tertiary/aromatic N) is 2. The number of rotatable bonds is 1. The van der Waals surface area contributed by atoms with Crippen LogP contribution in [-0.2, 0) is 0 Å². The Morgan fingerprint density at radius 2 is 1.44 bits per heavy atom. The summed E-state index contributed by atoms with van der Waals surface area (Å²) in [5.41, 5.74) is 11.9. The average molecular weight is 242 g/mol. The van der Waals surface area contributed by atoms with E-state index in [0.717, 1.165) is 5.56 Å². The van der Waals surface area contributed by atoms with Crippen molar-refractivity contribution < 1.29 is 22.9 Å². The van der Waals surface area contributed by atoms with Gasteiger partial charge in [-0.05, 0) is 12.1 Å². The number of nitrogens with two attached hydrogens (primary N) is 2. The van der Waals surface area contributed by atoms with Crippen LogP contribution in [0, 0.1) is 0 Å². The maximum absolute atomic E-state index is 5.51. The molecule has 0 saturated carbocycles. The molecule has 0 aliphatic rings. The molecule has 2 rings (SSSR count). The number of halogens is 1. The molecule has 6 nitrogen and oxygen atoms in total. The second-order valence-electron chi connectivity index (χ2n) is 2.81. The van der Waals surface area contributed by atoms with E-state index < -0.39 is 0 Å². The topological polar surface area (TPSA) is 123 Å². The first-order chi connectivity index (χ1) is 6.75. The van der Waals surface area contributed by atoms with Crippen molar-refractivity contribution in [3.05, 3.63) is 30.3 Å². The quantitative estimate of drug-likeness (QED) is 0.533. The van der Waals surface area contributed by atoms with E-state index >= 15 is 0 Å². The number of aromatic nitrogens is 3. The Morgan fingerprint density at radius 3 is 1.94 bits per heavy atom. The van der Waals surface area contributed by atoms with Gasteiger partial charge in [-0.3, -0.25) is 0 Å². The summed E-state index contributed by atoms with van der Waals surface area (Å²) in [6.45, 7) is 0. The summed E-state index contributed by atoms with van der Waals surface area (Å²) in [6, 6.07) is 9.53. The Balaban J connectivity index is 0.00000112. The molecule has 7 heteroatoms. The molecule has 0 aliphatic heterocycles. The van der Waals surface area contributed by atoms with E-state index in [9.17, 15) is 0 Å². The molecule has 0 fully saturated rings. The number of H-pyrrole nitrogens is 1. The van der Waals surface area contributed by atoms with E-state index in [1.54, 1.807) is 0 Å². The van der Waals surface area contributed by atoms with Gasteiger partial charge >= 0.3 is 11.9 Å². The van der Waals surface area contributed by atoms with Gasteiger partial charge in [-0.2, -0.15) is 0 Å². The van der Waals surface area contributed by atoms with Crippen LogP contribution >= 0.6 is 0 Å². The van der Waals surface area contributed by atoms with Crippen LogP contribution in [0.25, 0.3) is 11.4 Å². The molecule has 0 unspecified atom stereocenters. The standard InChI is InChI=1S/C9H9N5.ClH.H2O/c10-8-12-7(13-9(11)14-8)6-4-2-1-3-5-6;;/h1-5H,(H4,10,11,12,13,14);1H;1H2. The third-order valence-electron chi connectivity index (χ3n) is 1.74. The van der Waals surface area contributed by atoms with Crippen molar-refractivity contribution in [3.63, 3.8) is 0 Å². The van der Waals surface area contributed by atoms with Gasteiger partial charge in [0.1, 0.15) is 0 Å². The average Bonchev–Trinajstić information content (AvgIpc) is 2.18. The highest BCUT2D eigenvalue weighted by Gasteiger charge is 2.09. The molecule has 7 N–H and O–H groups in total. The van der Waals surface area contributed by atoms with Crippen LogP contribution in [0.2, 0.25) is 0 Å². The Morgan fingerprint density at radius 1 is 0.938 bits per heavy atom. The molecule has 0 bridgehead atoms. The maximum Gasteiger partial charge on any atom is 0.318 e. The molecule has 0 radical (unpaired) electrons. The second kappa shape index (κ2) is 5.84. The number of anilines is 2. The molecule has 86 valence electrons. The van der Waals surface area contributed by atoms with Gasteiger partial charge < -0.3 is 29.4 Å². The SMILES string of the molecule is Nc1nc(-c2ccccc2)nc(N)[nH+]1.O.[Cl-]. The van der Waals surface area contributed by atoms with Crippen molar-refractivity contribution in [1.82, 2.24) is 9.97 Å². The molecule has 0 saturated heterocycles. The first-order valence-electron chi connectivity index (χ1n) is 4.13. The summed E-state index contributed by atoms with van der Waals surface area (Å²) in [4.78, 5) is 10.7. The van der Waals surface area contributed by atoms with Crippen molar-refractivity contribution >= 4 is 11.9 Å². The van der Waals surface area contributed by atoms with Gasteiger partial charge in [0.2, 0.25) is 0 Å². The number of nitrogen functional groups attached to an aromatic ring is 2. The predicted molar refractivity (Wildman–Crippen MR) is 56.5 cm³/mol. The molecule has 2 aromatic rings.